The van der Waals surface area contributed by atoms with Crippen LogP contribution in [0.4, 0.5) is 11.6 Å². The first kappa shape index (κ1) is 14.1. The molecular weight excluding hydrogens is 238 g/mol. The van der Waals surface area contributed by atoms with Crippen molar-refractivity contribution in [3.8, 4) is 5.88 Å². The van der Waals surface area contributed by atoms with Gasteiger partial charge in [-0.05, 0) is 13.1 Å². The van der Waals surface area contributed by atoms with Gasteiger partial charge < -0.3 is 15.4 Å². The highest BCUT2D eigenvalue weighted by Gasteiger charge is 2.18. The number of nitrogens with zero attached hydrogens (tertiary/aromatic N) is 4. The molecule has 0 bridgehead atoms. The fraction of sp³-hybridized carbons (Fsp3) is 0.600. The molecule has 0 aromatic carbocycles. The topological polar surface area (TPSA) is 107 Å². The van der Waals surface area contributed by atoms with E-state index in [4.69, 9.17) is 10.5 Å². The number of nitrogens with two attached hydrogens (primary N) is 1. The molecule has 0 fully saturated rings. The van der Waals surface area contributed by atoms with E-state index < -0.39 is 4.92 Å². The van der Waals surface area contributed by atoms with Crippen LogP contribution in [0.25, 0.3) is 0 Å². The number of nitrogen functional groups attached to an aromatic ring is 1. The summed E-state index contributed by atoms with van der Waals surface area (Å²) in [6.45, 7) is 6.86. The van der Waals surface area contributed by atoms with E-state index in [2.05, 4.69) is 14.9 Å². The Hall–Kier alpha value is -1.96. The summed E-state index contributed by atoms with van der Waals surface area (Å²) in [6, 6.07) is 0. The number of hydrogen-bond donors (Lipinski definition) is 1. The second kappa shape index (κ2) is 6.70. The third-order valence-electron chi connectivity index (χ3n) is 2.49. The van der Waals surface area contributed by atoms with Gasteiger partial charge in [0.15, 0.2) is 0 Å². The molecule has 1 rings (SSSR count). The van der Waals surface area contributed by atoms with Gasteiger partial charge in [-0.3, -0.25) is 10.1 Å². The minimum Gasteiger partial charge on any atom is -0.471 e. The zero-order valence-electron chi connectivity index (χ0n) is 10.5. The first-order valence-electron chi connectivity index (χ1n) is 5.70. The van der Waals surface area contributed by atoms with Gasteiger partial charge in [0.25, 0.3) is 5.88 Å². The summed E-state index contributed by atoms with van der Waals surface area (Å²) >= 11 is 0. The van der Waals surface area contributed by atoms with Crippen molar-refractivity contribution in [1.29, 1.82) is 0 Å². The number of likely N-dealkylation sites (N-methyl/N-ethyl adjacent to an activating group) is 1. The predicted octanol–water partition coefficient (Wildman–Crippen LogP) is 0.688. The maximum atomic E-state index is 10.7. The minimum atomic E-state index is -0.591. The van der Waals surface area contributed by atoms with Crippen LogP contribution >= 0.6 is 0 Å². The maximum absolute atomic E-state index is 10.7. The molecule has 0 aliphatic rings. The lowest BCUT2D eigenvalue weighted by molar-refractivity contribution is -0.386. The van der Waals surface area contributed by atoms with Gasteiger partial charge in [0, 0.05) is 6.54 Å². The van der Waals surface area contributed by atoms with Crippen molar-refractivity contribution in [2.45, 2.75) is 13.8 Å². The monoisotopic (exact) mass is 255 g/mol. The molecule has 0 saturated heterocycles. The number of hydrogen-bond acceptors (Lipinski definition) is 7. The van der Waals surface area contributed by atoms with Crippen LogP contribution in [0.15, 0.2) is 6.20 Å². The normalized spacial score (nSPS) is 10.6. The summed E-state index contributed by atoms with van der Waals surface area (Å²) in [5.41, 5.74) is 5.10. The Morgan fingerprint density at radius 2 is 2.17 bits per heavy atom. The van der Waals surface area contributed by atoms with Crippen molar-refractivity contribution >= 4 is 11.6 Å². The fourth-order valence-corrected chi connectivity index (χ4v) is 1.42. The van der Waals surface area contributed by atoms with Crippen LogP contribution in [-0.2, 0) is 0 Å². The zero-order chi connectivity index (χ0) is 13.5. The average molecular weight is 255 g/mol. The smallest absolute Gasteiger partial charge is 0.349 e. The first-order chi connectivity index (χ1) is 8.58. The van der Waals surface area contributed by atoms with Gasteiger partial charge in [-0.1, -0.05) is 13.8 Å². The van der Waals surface area contributed by atoms with Gasteiger partial charge in [-0.25, -0.2) is 4.98 Å². The summed E-state index contributed by atoms with van der Waals surface area (Å²) in [5.74, 6) is -0.127. The highest BCUT2D eigenvalue weighted by atomic mass is 16.6. The van der Waals surface area contributed by atoms with Crippen LogP contribution in [0.2, 0.25) is 0 Å². The second-order valence-electron chi connectivity index (χ2n) is 3.55. The minimum absolute atomic E-state index is 0.0431. The molecule has 0 atom stereocenters. The molecule has 0 spiro atoms. The van der Waals surface area contributed by atoms with E-state index in [-0.39, 0.29) is 17.5 Å². The number of ether oxygens (including phenoxy) is 1. The van der Waals surface area contributed by atoms with Crippen molar-refractivity contribution in [3.63, 3.8) is 0 Å². The summed E-state index contributed by atoms with van der Waals surface area (Å²) in [5, 5.41) is 10.7. The van der Waals surface area contributed by atoms with Gasteiger partial charge in [0.05, 0.1) is 4.92 Å². The van der Waals surface area contributed by atoms with Crippen LogP contribution in [0, 0.1) is 10.1 Å². The molecule has 0 aliphatic carbocycles. The van der Waals surface area contributed by atoms with E-state index >= 15 is 0 Å². The van der Waals surface area contributed by atoms with E-state index in [0.717, 1.165) is 19.3 Å². The lowest BCUT2D eigenvalue weighted by Gasteiger charge is -2.17. The lowest BCUT2D eigenvalue weighted by atomic mass is 10.5. The van der Waals surface area contributed by atoms with Gasteiger partial charge in [-0.2, -0.15) is 4.98 Å². The van der Waals surface area contributed by atoms with Crippen LogP contribution < -0.4 is 10.5 Å². The quantitative estimate of drug-likeness (QED) is 0.564. The molecule has 0 aliphatic heterocycles. The van der Waals surface area contributed by atoms with Crippen molar-refractivity contribution < 1.29 is 9.66 Å². The van der Waals surface area contributed by atoms with E-state index in [1.165, 1.54) is 0 Å². The van der Waals surface area contributed by atoms with Crippen molar-refractivity contribution in [2.75, 3.05) is 32.0 Å². The first-order valence-corrected chi connectivity index (χ1v) is 5.70. The summed E-state index contributed by atoms with van der Waals surface area (Å²) in [7, 11) is 0. The Bertz CT molecular complexity index is 408. The molecule has 0 saturated carbocycles. The zero-order valence-corrected chi connectivity index (χ0v) is 10.5. The summed E-state index contributed by atoms with van der Waals surface area (Å²) < 4.78 is 5.30. The van der Waals surface area contributed by atoms with Crippen LogP contribution in [0.5, 0.6) is 5.88 Å². The molecule has 0 radical (unpaired) electrons. The Kier molecular flexibility index (Phi) is 5.25. The fourth-order valence-electron chi connectivity index (χ4n) is 1.42. The van der Waals surface area contributed by atoms with Gasteiger partial charge in [0.1, 0.15) is 12.8 Å². The molecule has 2 N–H and O–H groups in total. The van der Waals surface area contributed by atoms with Crippen LogP contribution in [0.1, 0.15) is 13.8 Å². The summed E-state index contributed by atoms with van der Waals surface area (Å²) in [6.07, 6.45) is 1.05. The SMILES string of the molecule is CCN(CC)CCOc1nc(N)ncc1[N+](=O)[O-]. The van der Waals surface area contributed by atoms with Gasteiger partial charge in [-0.15, -0.1) is 0 Å². The predicted molar refractivity (Wildman–Crippen MR) is 66.4 cm³/mol. The van der Waals surface area contributed by atoms with E-state index in [1.807, 2.05) is 13.8 Å². The molecule has 1 heterocycles. The Morgan fingerprint density at radius 3 is 2.72 bits per heavy atom. The van der Waals surface area contributed by atoms with Gasteiger partial charge >= 0.3 is 5.69 Å². The van der Waals surface area contributed by atoms with E-state index in [0.29, 0.717) is 13.2 Å². The van der Waals surface area contributed by atoms with Crippen LogP contribution in [-0.4, -0.2) is 46.0 Å². The number of aromatic nitrogens is 2. The molecule has 8 nitrogen and oxygen atoms in total. The van der Waals surface area contributed by atoms with Crippen LogP contribution in [0.3, 0.4) is 0 Å². The average Bonchev–Trinajstić information content (AvgIpc) is 2.34. The van der Waals surface area contributed by atoms with Gasteiger partial charge in [0.2, 0.25) is 5.95 Å². The number of rotatable bonds is 7. The van der Waals surface area contributed by atoms with Crippen molar-refractivity contribution in [1.82, 2.24) is 14.9 Å². The Morgan fingerprint density at radius 1 is 1.50 bits per heavy atom. The Balaban J connectivity index is 2.66. The maximum Gasteiger partial charge on any atom is 0.349 e. The highest BCUT2D eigenvalue weighted by Crippen LogP contribution is 2.23. The Labute approximate surface area is 105 Å². The number of anilines is 1. The molecule has 1 aromatic rings. The molecule has 0 amide bonds. The molecule has 0 unspecified atom stereocenters. The third kappa shape index (κ3) is 3.81. The molecular formula is C10H17N5O3. The largest absolute Gasteiger partial charge is 0.471 e. The van der Waals surface area contributed by atoms with Crippen molar-refractivity contribution in [2.24, 2.45) is 0 Å². The standard InChI is InChI=1S/C10H17N5O3/c1-3-14(4-2)5-6-18-9-8(15(16)17)7-12-10(11)13-9/h7H,3-6H2,1-2H3,(H2,11,12,13). The highest BCUT2D eigenvalue weighted by molar-refractivity contribution is 5.41. The third-order valence-corrected chi connectivity index (χ3v) is 2.49. The molecule has 1 aromatic heterocycles. The lowest BCUT2D eigenvalue weighted by Crippen LogP contribution is -2.28. The van der Waals surface area contributed by atoms with Crippen molar-refractivity contribution in [3.05, 3.63) is 16.3 Å². The summed E-state index contributed by atoms with van der Waals surface area (Å²) in [4.78, 5) is 19.6. The van der Waals surface area contributed by atoms with E-state index in [1.54, 1.807) is 0 Å². The van der Waals surface area contributed by atoms with E-state index in [9.17, 15) is 10.1 Å². The molecule has 100 valence electrons. The molecule has 18 heavy (non-hydrogen) atoms. The molecule has 8 heteroatoms. The second-order valence-corrected chi connectivity index (χ2v) is 3.55. The number of nitro groups is 1.